The number of nitrogens with zero attached hydrogens (tertiary/aromatic N) is 1. The molecule has 1 aliphatic rings. The van der Waals surface area contributed by atoms with E-state index in [1.54, 1.807) is 0 Å². The third kappa shape index (κ3) is 4.20. The molecule has 1 heterocycles. The topological polar surface area (TPSA) is 52.6 Å². The average Bonchev–Trinajstić information content (AvgIpc) is 2.55. The Morgan fingerprint density at radius 1 is 1.38 bits per heavy atom. The zero-order chi connectivity index (χ0) is 17.9. The molecule has 2 amide bonds. The van der Waals surface area contributed by atoms with E-state index in [4.69, 9.17) is 0 Å². The number of urea groups is 1. The molecule has 0 radical (unpaired) electrons. The maximum absolute atomic E-state index is 12.6. The molecule has 1 unspecified atom stereocenters. The Kier molecular flexibility index (Phi) is 5.74. The standard InChI is InChI=1S/C17H23F3N2O2/c1-3-12-6-4-5-11(2)14(12)21-16(24)22-9-7-13(8-10-22)15(23)17(18,19)20/h4-6,13,15,23H,3,7-10H2,1-2H3,(H,21,24). The smallest absolute Gasteiger partial charge is 0.383 e. The SMILES string of the molecule is CCc1cccc(C)c1NC(=O)N1CCC(C(O)C(F)(F)F)CC1. The Bertz CT molecular complexity index is 582. The highest BCUT2D eigenvalue weighted by molar-refractivity contribution is 5.91. The van der Waals surface area contributed by atoms with Gasteiger partial charge in [-0.2, -0.15) is 13.2 Å². The fourth-order valence-electron chi connectivity index (χ4n) is 3.07. The van der Waals surface area contributed by atoms with Crippen LogP contribution in [0.5, 0.6) is 0 Å². The Balaban J connectivity index is 1.97. The highest BCUT2D eigenvalue weighted by atomic mass is 19.4. The quantitative estimate of drug-likeness (QED) is 0.878. The van der Waals surface area contributed by atoms with E-state index in [1.807, 2.05) is 32.0 Å². The summed E-state index contributed by atoms with van der Waals surface area (Å²) in [5.41, 5.74) is 2.73. The lowest BCUT2D eigenvalue weighted by molar-refractivity contribution is -0.222. The lowest BCUT2D eigenvalue weighted by atomic mass is 9.91. The molecule has 1 fully saturated rings. The molecule has 24 heavy (non-hydrogen) atoms. The van der Waals surface area contributed by atoms with E-state index < -0.39 is 18.2 Å². The summed E-state index contributed by atoms with van der Waals surface area (Å²) in [6, 6.07) is 5.46. The third-order valence-electron chi connectivity index (χ3n) is 4.58. The molecule has 0 saturated carbocycles. The predicted molar refractivity (Wildman–Crippen MR) is 85.9 cm³/mol. The molecule has 134 valence electrons. The average molecular weight is 344 g/mol. The molecule has 1 atom stereocenters. The molecule has 1 aromatic carbocycles. The van der Waals surface area contributed by atoms with Gasteiger partial charge in [0.2, 0.25) is 0 Å². The van der Waals surface area contributed by atoms with Crippen molar-refractivity contribution in [3.63, 3.8) is 0 Å². The zero-order valence-corrected chi connectivity index (χ0v) is 13.9. The molecule has 2 N–H and O–H groups in total. The number of hydrogen-bond acceptors (Lipinski definition) is 2. The summed E-state index contributed by atoms with van der Waals surface area (Å²) in [7, 11) is 0. The summed E-state index contributed by atoms with van der Waals surface area (Å²) < 4.78 is 37.7. The summed E-state index contributed by atoms with van der Waals surface area (Å²) in [6.07, 6.45) is -5.86. The molecule has 1 saturated heterocycles. The monoisotopic (exact) mass is 344 g/mol. The largest absolute Gasteiger partial charge is 0.414 e. The van der Waals surface area contributed by atoms with Crippen LogP contribution in [0.15, 0.2) is 18.2 Å². The molecule has 1 aliphatic heterocycles. The van der Waals surface area contributed by atoms with Crippen molar-refractivity contribution in [1.29, 1.82) is 0 Å². The molecule has 0 aliphatic carbocycles. The van der Waals surface area contributed by atoms with Crippen molar-refractivity contribution in [3.8, 4) is 0 Å². The van der Waals surface area contributed by atoms with Gasteiger partial charge in [0.05, 0.1) is 0 Å². The number of para-hydroxylation sites is 1. The van der Waals surface area contributed by atoms with Crippen LogP contribution >= 0.6 is 0 Å². The van der Waals surface area contributed by atoms with Gasteiger partial charge < -0.3 is 15.3 Å². The maximum Gasteiger partial charge on any atom is 0.414 e. The minimum absolute atomic E-state index is 0.141. The fourth-order valence-corrected chi connectivity index (χ4v) is 3.07. The van der Waals surface area contributed by atoms with Gasteiger partial charge in [-0.3, -0.25) is 0 Å². The first-order valence-electron chi connectivity index (χ1n) is 8.13. The molecule has 0 bridgehead atoms. The Morgan fingerprint density at radius 2 is 2.00 bits per heavy atom. The minimum atomic E-state index is -4.60. The van der Waals surface area contributed by atoms with E-state index in [9.17, 15) is 23.1 Å². The number of piperidine rings is 1. The van der Waals surface area contributed by atoms with E-state index in [-0.39, 0.29) is 32.0 Å². The first kappa shape index (κ1) is 18.6. The number of aryl methyl sites for hydroxylation is 2. The van der Waals surface area contributed by atoms with Crippen molar-refractivity contribution in [3.05, 3.63) is 29.3 Å². The molecule has 0 aromatic heterocycles. The normalized spacial score (nSPS) is 17.7. The Hall–Kier alpha value is -1.76. The highest BCUT2D eigenvalue weighted by Gasteiger charge is 2.44. The predicted octanol–water partition coefficient (Wildman–Crippen LogP) is 3.72. The van der Waals surface area contributed by atoms with Gasteiger partial charge in [0.25, 0.3) is 0 Å². The number of aliphatic hydroxyl groups excluding tert-OH is 1. The number of alkyl halides is 3. The van der Waals surface area contributed by atoms with Crippen molar-refractivity contribution < 1.29 is 23.1 Å². The Morgan fingerprint density at radius 3 is 2.54 bits per heavy atom. The summed E-state index contributed by atoms with van der Waals surface area (Å²) in [5.74, 6) is -0.848. The number of benzene rings is 1. The van der Waals surface area contributed by atoms with Gasteiger partial charge in [-0.15, -0.1) is 0 Å². The first-order chi connectivity index (χ1) is 11.2. The van der Waals surface area contributed by atoms with Gasteiger partial charge in [0.1, 0.15) is 0 Å². The van der Waals surface area contributed by atoms with Gasteiger partial charge >= 0.3 is 12.2 Å². The van der Waals surface area contributed by atoms with Gasteiger partial charge in [0.15, 0.2) is 6.10 Å². The first-order valence-corrected chi connectivity index (χ1v) is 8.13. The molecule has 4 nitrogen and oxygen atoms in total. The number of nitrogens with one attached hydrogen (secondary N) is 1. The van der Waals surface area contributed by atoms with Crippen molar-refractivity contribution in [1.82, 2.24) is 4.90 Å². The minimum Gasteiger partial charge on any atom is -0.383 e. The summed E-state index contributed by atoms with van der Waals surface area (Å²) in [4.78, 5) is 13.9. The lowest BCUT2D eigenvalue weighted by Crippen LogP contribution is -2.46. The van der Waals surface area contributed by atoms with Crippen LogP contribution in [0.2, 0.25) is 0 Å². The van der Waals surface area contributed by atoms with Crippen LogP contribution in [0.3, 0.4) is 0 Å². The molecular formula is C17H23F3N2O2. The second-order valence-electron chi connectivity index (χ2n) is 6.20. The van der Waals surface area contributed by atoms with E-state index in [0.29, 0.717) is 0 Å². The summed E-state index contributed by atoms with van der Waals surface area (Å²) >= 11 is 0. The van der Waals surface area contributed by atoms with Crippen molar-refractivity contribution in [2.75, 3.05) is 18.4 Å². The van der Waals surface area contributed by atoms with E-state index >= 15 is 0 Å². The van der Waals surface area contributed by atoms with E-state index in [2.05, 4.69) is 5.32 Å². The number of hydrogen-bond donors (Lipinski definition) is 2. The second kappa shape index (κ2) is 7.42. The molecular weight excluding hydrogens is 321 g/mol. The molecule has 7 heteroatoms. The van der Waals surface area contributed by atoms with Gasteiger partial charge in [-0.1, -0.05) is 25.1 Å². The van der Waals surface area contributed by atoms with Gasteiger partial charge in [0, 0.05) is 18.8 Å². The van der Waals surface area contributed by atoms with Gasteiger partial charge in [-0.05, 0) is 43.2 Å². The van der Waals surface area contributed by atoms with Crippen LogP contribution in [-0.4, -0.2) is 41.4 Å². The van der Waals surface area contributed by atoms with Crippen molar-refractivity contribution in [2.24, 2.45) is 5.92 Å². The number of carbonyl (C=O) groups excluding carboxylic acids is 1. The van der Waals surface area contributed by atoms with Crippen molar-refractivity contribution in [2.45, 2.75) is 45.4 Å². The molecule has 1 aromatic rings. The van der Waals surface area contributed by atoms with Gasteiger partial charge in [-0.25, -0.2) is 4.79 Å². The molecule has 0 spiro atoms. The van der Waals surface area contributed by atoms with Crippen LogP contribution in [0.4, 0.5) is 23.7 Å². The van der Waals surface area contributed by atoms with Crippen LogP contribution in [0.25, 0.3) is 0 Å². The maximum atomic E-state index is 12.6. The van der Waals surface area contributed by atoms with Crippen LogP contribution in [0.1, 0.15) is 30.9 Å². The van der Waals surface area contributed by atoms with Crippen molar-refractivity contribution >= 4 is 11.7 Å². The van der Waals surface area contributed by atoms with E-state index in [1.165, 1.54) is 4.90 Å². The summed E-state index contributed by atoms with van der Waals surface area (Å²) in [6.45, 7) is 4.31. The molecule has 2 rings (SSSR count). The van der Waals surface area contributed by atoms with Crippen LogP contribution < -0.4 is 5.32 Å². The number of amides is 2. The van der Waals surface area contributed by atoms with Crippen LogP contribution in [0, 0.1) is 12.8 Å². The third-order valence-corrected chi connectivity index (χ3v) is 4.58. The zero-order valence-electron chi connectivity index (χ0n) is 13.9. The Labute approximate surface area is 139 Å². The van der Waals surface area contributed by atoms with Crippen LogP contribution in [-0.2, 0) is 6.42 Å². The van der Waals surface area contributed by atoms with E-state index in [0.717, 1.165) is 23.2 Å². The second-order valence-corrected chi connectivity index (χ2v) is 6.20. The number of halogens is 3. The fraction of sp³-hybridized carbons (Fsp3) is 0.588. The summed E-state index contributed by atoms with van der Waals surface area (Å²) in [5, 5.41) is 12.2. The highest BCUT2D eigenvalue weighted by Crippen LogP contribution is 2.32. The number of rotatable bonds is 3. The number of likely N-dealkylation sites (tertiary alicyclic amines) is 1. The number of carbonyl (C=O) groups is 1. The number of aliphatic hydroxyl groups is 1. The number of anilines is 1. The lowest BCUT2D eigenvalue weighted by Gasteiger charge is -2.34.